The van der Waals surface area contributed by atoms with E-state index in [1.807, 2.05) is 6.08 Å². The fourth-order valence-electron chi connectivity index (χ4n) is 6.58. The van der Waals surface area contributed by atoms with E-state index in [4.69, 9.17) is 16.3 Å². The molecule has 0 radical (unpaired) electrons. The maximum absolute atomic E-state index is 13.1. The minimum Gasteiger partial charge on any atom is -0.461 e. The third kappa shape index (κ3) is 2.61. The molecule has 1 unspecified atom stereocenters. The monoisotopic (exact) mass is 378 g/mol. The predicted octanol–water partition coefficient (Wildman–Crippen LogP) is 4.94. The molecule has 0 aromatic carbocycles. The summed E-state index contributed by atoms with van der Waals surface area (Å²) in [4.78, 5) is 25.2. The molecule has 144 valence electrons. The van der Waals surface area contributed by atoms with E-state index in [-0.39, 0.29) is 34.6 Å². The molecule has 4 heteroatoms. The maximum Gasteiger partial charge on any atom is 0.321 e. The van der Waals surface area contributed by atoms with Crippen molar-refractivity contribution in [2.75, 3.05) is 5.88 Å². The van der Waals surface area contributed by atoms with Crippen molar-refractivity contribution in [2.24, 2.45) is 34.5 Å². The lowest BCUT2D eigenvalue weighted by Gasteiger charge is -2.55. The number of rotatable bonds is 4. The molecule has 0 amide bonds. The van der Waals surface area contributed by atoms with E-state index in [1.54, 1.807) is 0 Å². The first-order valence-corrected chi connectivity index (χ1v) is 10.3. The van der Waals surface area contributed by atoms with E-state index in [1.165, 1.54) is 0 Å². The fraction of sp³-hybridized carbons (Fsp3) is 0.727. The van der Waals surface area contributed by atoms with Gasteiger partial charge in [-0.1, -0.05) is 45.6 Å². The van der Waals surface area contributed by atoms with Gasteiger partial charge in [0.1, 0.15) is 17.8 Å². The summed E-state index contributed by atoms with van der Waals surface area (Å²) >= 11 is 5.75. The number of ether oxygens (including phenoxy) is 1. The zero-order chi connectivity index (χ0) is 19.3. The second-order valence-electron chi connectivity index (χ2n) is 8.96. The first-order valence-electron chi connectivity index (χ1n) is 9.81. The van der Waals surface area contributed by atoms with Gasteiger partial charge in [0.05, 0.1) is 0 Å². The Balaban J connectivity index is 2.16. The summed E-state index contributed by atoms with van der Waals surface area (Å²) in [5.74, 6) is 0.542. The van der Waals surface area contributed by atoms with Gasteiger partial charge in [-0.15, -0.1) is 11.6 Å². The third-order valence-corrected chi connectivity index (χ3v) is 8.47. The minimum absolute atomic E-state index is 0.0168. The average Bonchev–Trinajstić information content (AvgIpc) is 2.96. The van der Waals surface area contributed by atoms with Gasteiger partial charge in [0.25, 0.3) is 0 Å². The van der Waals surface area contributed by atoms with Crippen LogP contribution in [0.25, 0.3) is 0 Å². The van der Waals surface area contributed by atoms with Gasteiger partial charge in [-0.25, -0.2) is 0 Å². The second kappa shape index (κ2) is 6.82. The lowest BCUT2D eigenvalue weighted by atomic mass is 9.49. The fourth-order valence-corrected chi connectivity index (χ4v) is 6.64. The number of alkyl halides is 1. The van der Waals surface area contributed by atoms with Crippen LogP contribution in [0.1, 0.15) is 52.9 Å². The van der Waals surface area contributed by atoms with Gasteiger partial charge in [-0.3, -0.25) is 9.59 Å². The number of hydrogen-bond donors (Lipinski definition) is 0. The Labute approximate surface area is 162 Å². The zero-order valence-corrected chi connectivity index (χ0v) is 17.0. The summed E-state index contributed by atoms with van der Waals surface area (Å²) < 4.78 is 5.91. The molecule has 0 aromatic rings. The molecule has 0 aliphatic heterocycles. The lowest BCUT2D eigenvalue weighted by Crippen LogP contribution is -2.55. The highest BCUT2D eigenvalue weighted by atomic mass is 35.5. The summed E-state index contributed by atoms with van der Waals surface area (Å²) in [5.41, 5.74) is 0.621. The van der Waals surface area contributed by atoms with Crippen LogP contribution in [0.4, 0.5) is 0 Å². The molecule has 3 rings (SSSR count). The zero-order valence-electron chi connectivity index (χ0n) is 16.2. The molecule has 0 saturated heterocycles. The molecular weight excluding hydrogens is 348 g/mol. The molecular formula is C22H31ClO3. The highest BCUT2D eigenvalue weighted by molar-refractivity contribution is 6.26. The van der Waals surface area contributed by atoms with Gasteiger partial charge in [0, 0.05) is 17.8 Å². The van der Waals surface area contributed by atoms with Crippen LogP contribution in [0.5, 0.6) is 0 Å². The minimum atomic E-state index is -0.399. The Hall–Kier alpha value is -1.09. The summed E-state index contributed by atoms with van der Waals surface area (Å²) in [7, 11) is 0. The Morgan fingerprint density at radius 2 is 2.08 bits per heavy atom. The van der Waals surface area contributed by atoms with Gasteiger partial charge in [0.15, 0.2) is 0 Å². The number of carbonyl (C=O) groups excluding carboxylic acids is 2. The van der Waals surface area contributed by atoms with Crippen LogP contribution in [0.3, 0.4) is 0 Å². The summed E-state index contributed by atoms with van der Waals surface area (Å²) in [6.45, 7) is 14.8. The number of hydrogen-bond acceptors (Lipinski definition) is 3. The molecule has 3 nitrogen and oxygen atoms in total. The molecule has 0 aromatic heterocycles. The van der Waals surface area contributed by atoms with E-state index in [2.05, 4.69) is 33.9 Å². The highest BCUT2D eigenvalue weighted by Crippen LogP contribution is 2.68. The molecule has 2 bridgehead atoms. The topological polar surface area (TPSA) is 43.4 Å². The Morgan fingerprint density at radius 1 is 1.38 bits per heavy atom. The normalized spacial score (nSPS) is 44.8. The van der Waals surface area contributed by atoms with Crippen LogP contribution >= 0.6 is 11.6 Å². The summed E-state index contributed by atoms with van der Waals surface area (Å²) in [6, 6.07) is 0. The second-order valence-corrected chi connectivity index (χ2v) is 9.23. The van der Waals surface area contributed by atoms with Gasteiger partial charge < -0.3 is 4.74 Å². The molecule has 0 heterocycles. The number of carbonyl (C=O) groups is 2. The first-order chi connectivity index (χ1) is 12.2. The van der Waals surface area contributed by atoms with Crippen molar-refractivity contribution in [3.8, 4) is 0 Å². The third-order valence-electron chi connectivity index (χ3n) is 8.25. The van der Waals surface area contributed by atoms with E-state index < -0.39 is 5.97 Å². The maximum atomic E-state index is 13.1. The molecule has 0 spiro atoms. The van der Waals surface area contributed by atoms with Crippen molar-refractivity contribution >= 4 is 23.4 Å². The molecule has 7 atom stereocenters. The van der Waals surface area contributed by atoms with Crippen LogP contribution in [-0.2, 0) is 14.3 Å². The van der Waals surface area contributed by atoms with Crippen LogP contribution in [0.15, 0.2) is 24.8 Å². The Morgan fingerprint density at radius 3 is 2.69 bits per heavy atom. The number of halogens is 1. The van der Waals surface area contributed by atoms with Crippen molar-refractivity contribution in [1.29, 1.82) is 0 Å². The first kappa shape index (κ1) is 19.7. The van der Waals surface area contributed by atoms with E-state index in [9.17, 15) is 9.59 Å². The number of Topliss-reactive ketones (excluding diaryl/α,β-unsaturated/α-hetero) is 1. The molecule has 3 aliphatic rings. The van der Waals surface area contributed by atoms with E-state index in [0.717, 1.165) is 24.8 Å². The van der Waals surface area contributed by atoms with Crippen molar-refractivity contribution in [1.82, 2.24) is 0 Å². The van der Waals surface area contributed by atoms with Crippen molar-refractivity contribution in [2.45, 2.75) is 59.0 Å². The smallest absolute Gasteiger partial charge is 0.321 e. The molecule has 0 N–H and O–H groups in total. The highest BCUT2D eigenvalue weighted by Gasteiger charge is 2.67. The number of esters is 1. The molecule has 26 heavy (non-hydrogen) atoms. The van der Waals surface area contributed by atoms with Crippen LogP contribution < -0.4 is 0 Å². The van der Waals surface area contributed by atoms with Gasteiger partial charge >= 0.3 is 5.97 Å². The number of ketones is 1. The Bertz CT molecular complexity index is 641. The quantitative estimate of drug-likeness (QED) is 0.395. The molecule has 3 fully saturated rings. The largest absolute Gasteiger partial charge is 0.461 e. The van der Waals surface area contributed by atoms with Crippen molar-refractivity contribution in [3.05, 3.63) is 24.8 Å². The van der Waals surface area contributed by atoms with Crippen LogP contribution in [0.2, 0.25) is 0 Å². The van der Waals surface area contributed by atoms with Crippen LogP contribution in [0, 0.1) is 34.5 Å². The number of allylic oxidation sites excluding steroid dienone is 2. The van der Waals surface area contributed by atoms with Gasteiger partial charge in [0.2, 0.25) is 0 Å². The van der Waals surface area contributed by atoms with Crippen molar-refractivity contribution < 1.29 is 14.3 Å². The SMILES string of the molecule is C=CC(=C)[C@@H]1C[C@@H](OC(=O)CCl)[C@]2(C)C(C)CC[C@]3(CCC(=O)[C@H]32)[C@H]1C. The van der Waals surface area contributed by atoms with Crippen molar-refractivity contribution in [3.63, 3.8) is 0 Å². The Kier molecular flexibility index (Phi) is 5.16. The predicted molar refractivity (Wildman–Crippen MR) is 104 cm³/mol. The van der Waals surface area contributed by atoms with Gasteiger partial charge in [-0.05, 0) is 48.9 Å². The molecule has 3 aliphatic carbocycles. The van der Waals surface area contributed by atoms with Crippen LogP contribution in [-0.4, -0.2) is 23.7 Å². The van der Waals surface area contributed by atoms with E-state index in [0.29, 0.717) is 30.5 Å². The van der Waals surface area contributed by atoms with E-state index >= 15 is 0 Å². The van der Waals surface area contributed by atoms with Gasteiger partial charge in [-0.2, -0.15) is 0 Å². The summed E-state index contributed by atoms with van der Waals surface area (Å²) in [5, 5.41) is 0. The standard InChI is InChI=1S/C22H31ClO3/c1-6-13(2)16-11-18(26-19(25)12-23)21(5)14(3)7-9-22(15(16)4)10-8-17(24)20(21)22/h6,14-16,18,20H,1-2,7-12H2,3-5H3/t14?,15-,16-,18+,20-,21-,22-/m0/s1. The molecule has 3 saturated carbocycles. The summed E-state index contributed by atoms with van der Waals surface area (Å²) in [6.07, 6.45) is 5.91. The average molecular weight is 379 g/mol. The lowest BCUT2D eigenvalue weighted by molar-refractivity contribution is -0.172.